The van der Waals surface area contributed by atoms with Gasteiger partial charge in [0.1, 0.15) is 0 Å². The third-order valence-electron chi connectivity index (χ3n) is 3.41. The van der Waals surface area contributed by atoms with Crippen molar-refractivity contribution in [1.29, 1.82) is 0 Å². The number of hydrogen-bond acceptors (Lipinski definition) is 3. The molecule has 96 valence electrons. The van der Waals surface area contributed by atoms with E-state index >= 15 is 0 Å². The average Bonchev–Trinajstić information content (AvgIpc) is 2.14. The highest BCUT2D eigenvalue weighted by molar-refractivity contribution is 5.00. The first-order chi connectivity index (χ1) is 7.29. The quantitative estimate of drug-likeness (QED) is 0.692. The second kappa shape index (κ2) is 5.03. The monoisotopic (exact) mass is 228 g/mol. The zero-order chi connectivity index (χ0) is 12.4. The highest BCUT2D eigenvalue weighted by atomic mass is 16.5. The molecular formula is C13H26NO2-. The van der Waals surface area contributed by atoms with Gasteiger partial charge in [0.05, 0.1) is 6.10 Å². The number of hydrogen-bond donors (Lipinski definition) is 0. The SMILES string of the molecule is CCCCOC1CC(C)(C)N([O-])C(C)(C)C1. The van der Waals surface area contributed by atoms with Crippen molar-refractivity contribution < 1.29 is 4.74 Å². The number of nitrogens with zero attached hydrogens (tertiary/aromatic N) is 1. The van der Waals surface area contributed by atoms with Crippen LogP contribution in [0.3, 0.4) is 0 Å². The van der Waals surface area contributed by atoms with Gasteiger partial charge < -0.3 is 15.0 Å². The van der Waals surface area contributed by atoms with Crippen molar-refractivity contribution in [2.45, 2.75) is 77.5 Å². The van der Waals surface area contributed by atoms with Crippen LogP contribution in [0.15, 0.2) is 0 Å². The van der Waals surface area contributed by atoms with E-state index in [-0.39, 0.29) is 17.2 Å². The minimum Gasteiger partial charge on any atom is -0.784 e. The molecule has 1 rings (SSSR count). The predicted molar refractivity (Wildman–Crippen MR) is 67.2 cm³/mol. The van der Waals surface area contributed by atoms with Gasteiger partial charge in [0.15, 0.2) is 0 Å². The molecule has 3 heteroatoms. The summed E-state index contributed by atoms with van der Waals surface area (Å²) in [5.41, 5.74) is -0.614. The lowest BCUT2D eigenvalue weighted by Crippen LogP contribution is -2.59. The van der Waals surface area contributed by atoms with Crippen molar-refractivity contribution in [3.8, 4) is 0 Å². The van der Waals surface area contributed by atoms with Gasteiger partial charge in [0, 0.05) is 17.7 Å². The molecule has 1 aliphatic rings. The molecule has 0 aromatic carbocycles. The number of ether oxygens (including phenoxy) is 1. The maximum absolute atomic E-state index is 12.1. The van der Waals surface area contributed by atoms with E-state index < -0.39 is 0 Å². The highest BCUT2D eigenvalue weighted by Gasteiger charge is 2.40. The van der Waals surface area contributed by atoms with Gasteiger partial charge in [-0.05, 0) is 47.0 Å². The van der Waals surface area contributed by atoms with Crippen LogP contribution in [0.5, 0.6) is 0 Å². The molecular weight excluding hydrogens is 202 g/mol. The summed E-state index contributed by atoms with van der Waals surface area (Å²) in [6, 6.07) is 0. The van der Waals surface area contributed by atoms with Crippen molar-refractivity contribution in [2.75, 3.05) is 6.61 Å². The topological polar surface area (TPSA) is 35.5 Å². The van der Waals surface area contributed by atoms with Crippen molar-refractivity contribution in [2.24, 2.45) is 0 Å². The number of piperidine rings is 1. The lowest BCUT2D eigenvalue weighted by Gasteiger charge is -2.59. The van der Waals surface area contributed by atoms with Crippen molar-refractivity contribution in [3.05, 3.63) is 5.21 Å². The van der Waals surface area contributed by atoms with E-state index in [0.717, 1.165) is 32.3 Å². The van der Waals surface area contributed by atoms with Gasteiger partial charge in [-0.25, -0.2) is 0 Å². The Labute approximate surface area is 99.7 Å². The predicted octanol–water partition coefficient (Wildman–Crippen LogP) is 3.32. The normalized spacial score (nSPS) is 25.9. The average molecular weight is 228 g/mol. The lowest BCUT2D eigenvalue weighted by molar-refractivity contribution is -0.0812. The standard InChI is InChI=1S/C13H26NO2/c1-6-7-8-16-11-9-12(2,3)14(15)13(4,5)10-11/h11H,6-10H2,1-5H3/q-1. The molecule has 0 radical (unpaired) electrons. The molecule has 0 aromatic heterocycles. The largest absolute Gasteiger partial charge is 0.784 e. The van der Waals surface area contributed by atoms with Gasteiger partial charge in [0.25, 0.3) is 0 Å². The van der Waals surface area contributed by atoms with Crippen LogP contribution in [0.25, 0.3) is 0 Å². The summed E-state index contributed by atoms with van der Waals surface area (Å²) < 4.78 is 5.88. The van der Waals surface area contributed by atoms with Crippen molar-refractivity contribution in [1.82, 2.24) is 5.06 Å². The van der Waals surface area contributed by atoms with Gasteiger partial charge in [-0.2, -0.15) is 0 Å². The van der Waals surface area contributed by atoms with Crippen LogP contribution in [-0.2, 0) is 4.74 Å². The molecule has 0 N–H and O–H groups in total. The maximum atomic E-state index is 12.1. The van der Waals surface area contributed by atoms with E-state index in [1.165, 1.54) is 5.06 Å². The summed E-state index contributed by atoms with van der Waals surface area (Å²) in [5.74, 6) is 0. The fourth-order valence-electron chi connectivity index (χ4n) is 2.68. The molecule has 1 aliphatic heterocycles. The van der Waals surface area contributed by atoms with E-state index in [1.807, 2.05) is 27.7 Å². The maximum Gasteiger partial charge on any atom is 0.0609 e. The molecule has 1 heterocycles. The third-order valence-corrected chi connectivity index (χ3v) is 3.41. The number of hydroxylamine groups is 2. The Bertz CT molecular complexity index is 208. The smallest absolute Gasteiger partial charge is 0.0609 e. The van der Waals surface area contributed by atoms with Crippen LogP contribution in [-0.4, -0.2) is 28.9 Å². The van der Waals surface area contributed by atoms with E-state index in [0.29, 0.717) is 0 Å². The molecule has 0 spiro atoms. The Morgan fingerprint density at radius 2 is 1.69 bits per heavy atom. The first-order valence-electron chi connectivity index (χ1n) is 6.38. The summed E-state index contributed by atoms with van der Waals surface area (Å²) in [6.07, 6.45) is 4.18. The van der Waals surface area contributed by atoms with E-state index in [2.05, 4.69) is 6.92 Å². The minimum absolute atomic E-state index is 0.238. The van der Waals surface area contributed by atoms with Gasteiger partial charge in [-0.1, -0.05) is 13.3 Å². The molecule has 0 amide bonds. The lowest BCUT2D eigenvalue weighted by atomic mass is 9.80. The van der Waals surface area contributed by atoms with Gasteiger partial charge in [-0.3, -0.25) is 0 Å². The van der Waals surface area contributed by atoms with Crippen LogP contribution < -0.4 is 0 Å². The van der Waals surface area contributed by atoms with Gasteiger partial charge in [0.2, 0.25) is 0 Å². The summed E-state index contributed by atoms with van der Waals surface area (Å²) in [4.78, 5) is 0. The van der Waals surface area contributed by atoms with Crippen LogP contribution in [0.4, 0.5) is 0 Å². The van der Waals surface area contributed by atoms with Crippen LogP contribution in [0.2, 0.25) is 0 Å². The Morgan fingerprint density at radius 3 is 2.12 bits per heavy atom. The molecule has 0 unspecified atom stereocenters. The molecule has 0 bridgehead atoms. The molecule has 1 fully saturated rings. The summed E-state index contributed by atoms with van der Waals surface area (Å²) in [5, 5.41) is 13.4. The van der Waals surface area contributed by atoms with Crippen LogP contribution >= 0.6 is 0 Å². The van der Waals surface area contributed by atoms with Crippen LogP contribution in [0, 0.1) is 5.21 Å². The Kier molecular flexibility index (Phi) is 4.38. The van der Waals surface area contributed by atoms with Crippen LogP contribution in [0.1, 0.15) is 60.3 Å². The van der Waals surface area contributed by atoms with E-state index in [1.54, 1.807) is 0 Å². The zero-order valence-electron chi connectivity index (χ0n) is 11.4. The highest BCUT2D eigenvalue weighted by Crippen LogP contribution is 2.38. The Hall–Kier alpha value is -0.120. The molecule has 1 saturated heterocycles. The molecule has 0 aliphatic carbocycles. The first-order valence-corrected chi connectivity index (χ1v) is 6.38. The fraction of sp³-hybridized carbons (Fsp3) is 1.00. The summed E-state index contributed by atoms with van der Waals surface area (Å²) in [7, 11) is 0. The molecule has 3 nitrogen and oxygen atoms in total. The molecule has 16 heavy (non-hydrogen) atoms. The molecule has 0 aromatic rings. The van der Waals surface area contributed by atoms with Crippen molar-refractivity contribution in [3.63, 3.8) is 0 Å². The van der Waals surface area contributed by atoms with Gasteiger partial charge >= 0.3 is 0 Å². The van der Waals surface area contributed by atoms with E-state index in [4.69, 9.17) is 4.74 Å². The Morgan fingerprint density at radius 1 is 1.19 bits per heavy atom. The fourth-order valence-corrected chi connectivity index (χ4v) is 2.68. The second-order valence-corrected chi connectivity index (χ2v) is 6.17. The minimum atomic E-state index is -0.307. The third kappa shape index (κ3) is 3.19. The summed E-state index contributed by atoms with van der Waals surface area (Å²) >= 11 is 0. The van der Waals surface area contributed by atoms with Crippen molar-refractivity contribution >= 4 is 0 Å². The van der Waals surface area contributed by atoms with E-state index in [9.17, 15) is 5.21 Å². The number of unbranched alkanes of at least 4 members (excludes halogenated alkanes) is 1. The Balaban J connectivity index is 2.57. The molecule has 0 saturated carbocycles. The second-order valence-electron chi connectivity index (χ2n) is 6.17. The summed E-state index contributed by atoms with van der Waals surface area (Å²) in [6.45, 7) is 11.0. The first kappa shape index (κ1) is 13.9. The van der Waals surface area contributed by atoms with Gasteiger partial charge in [-0.15, -0.1) is 0 Å². The molecule has 0 atom stereocenters. The zero-order valence-corrected chi connectivity index (χ0v) is 11.4. The number of rotatable bonds is 4.